The van der Waals surface area contributed by atoms with Crippen molar-refractivity contribution >= 4 is 33.2 Å². The number of methoxy groups -OCH3 is 2. The number of hydrogen-bond donors (Lipinski definition) is 1. The highest BCUT2D eigenvalue weighted by Gasteiger charge is 2.15. The first-order valence-electron chi connectivity index (χ1n) is 7.03. The lowest BCUT2D eigenvalue weighted by atomic mass is 10.1. The lowest BCUT2D eigenvalue weighted by Crippen LogP contribution is -2.26. The van der Waals surface area contributed by atoms with Crippen molar-refractivity contribution < 1.29 is 17.9 Å². The second-order valence-corrected chi connectivity index (χ2v) is 7.49. The standard InChI is InChI=1S/C16H17Cl2NO4S/c1-22-15-6-3-11(9-16(15)23-2)7-8-19-24(20,21)12-4-5-13(17)14(18)10-12/h3-6,9-10,19H,7-8H2,1-2H3. The third-order valence-electron chi connectivity index (χ3n) is 3.36. The van der Waals surface area contributed by atoms with Crippen molar-refractivity contribution in [1.82, 2.24) is 4.72 Å². The molecule has 0 radical (unpaired) electrons. The zero-order chi connectivity index (χ0) is 17.7. The summed E-state index contributed by atoms with van der Waals surface area (Å²) in [5.74, 6) is 1.22. The molecule has 0 amide bonds. The molecule has 24 heavy (non-hydrogen) atoms. The van der Waals surface area contributed by atoms with E-state index in [0.717, 1.165) is 5.56 Å². The number of benzene rings is 2. The molecule has 2 aromatic rings. The molecule has 1 N–H and O–H groups in total. The Bertz CT molecular complexity index is 825. The molecular formula is C16H17Cl2NO4S. The predicted octanol–water partition coefficient (Wildman–Crippen LogP) is 3.53. The van der Waals surface area contributed by atoms with Gasteiger partial charge >= 0.3 is 0 Å². The molecule has 0 bridgehead atoms. The zero-order valence-corrected chi connectivity index (χ0v) is 15.5. The fraction of sp³-hybridized carbons (Fsp3) is 0.250. The maximum absolute atomic E-state index is 12.3. The van der Waals surface area contributed by atoms with Gasteiger partial charge < -0.3 is 9.47 Å². The smallest absolute Gasteiger partial charge is 0.240 e. The molecule has 0 unspecified atom stereocenters. The topological polar surface area (TPSA) is 64.6 Å². The van der Waals surface area contributed by atoms with E-state index < -0.39 is 10.0 Å². The van der Waals surface area contributed by atoms with Gasteiger partial charge in [-0.3, -0.25) is 0 Å². The second-order valence-electron chi connectivity index (χ2n) is 4.91. The van der Waals surface area contributed by atoms with Crippen LogP contribution in [0.5, 0.6) is 11.5 Å². The molecule has 130 valence electrons. The highest BCUT2D eigenvalue weighted by atomic mass is 35.5. The number of hydrogen-bond acceptors (Lipinski definition) is 4. The van der Waals surface area contributed by atoms with Crippen LogP contribution in [0.15, 0.2) is 41.3 Å². The summed E-state index contributed by atoms with van der Waals surface area (Å²) >= 11 is 11.7. The third-order valence-corrected chi connectivity index (χ3v) is 5.55. The summed E-state index contributed by atoms with van der Waals surface area (Å²) in [6.45, 7) is 0.234. The summed E-state index contributed by atoms with van der Waals surface area (Å²) in [5, 5.41) is 0.500. The summed E-state index contributed by atoms with van der Waals surface area (Å²) < 4.78 is 37.4. The van der Waals surface area contributed by atoms with Crippen LogP contribution in [0.1, 0.15) is 5.56 Å². The Balaban J connectivity index is 2.04. The molecule has 0 atom stereocenters. The van der Waals surface area contributed by atoms with Crippen LogP contribution < -0.4 is 14.2 Å². The average Bonchev–Trinajstić information content (AvgIpc) is 2.56. The molecule has 0 aliphatic heterocycles. The van der Waals surface area contributed by atoms with Gasteiger partial charge in [0.1, 0.15) is 0 Å². The van der Waals surface area contributed by atoms with Crippen molar-refractivity contribution in [3.63, 3.8) is 0 Å². The molecule has 0 aliphatic rings. The lowest BCUT2D eigenvalue weighted by molar-refractivity contribution is 0.354. The fourth-order valence-electron chi connectivity index (χ4n) is 2.09. The average molecular weight is 390 g/mol. The maximum Gasteiger partial charge on any atom is 0.240 e. The summed E-state index contributed by atoms with van der Waals surface area (Å²) in [4.78, 5) is 0.0733. The third kappa shape index (κ3) is 4.54. The van der Waals surface area contributed by atoms with E-state index in [0.29, 0.717) is 22.9 Å². The van der Waals surface area contributed by atoms with Gasteiger partial charge in [-0.1, -0.05) is 29.3 Å². The minimum absolute atomic E-state index is 0.0733. The Hall–Kier alpha value is -1.47. The van der Waals surface area contributed by atoms with E-state index in [1.165, 1.54) is 18.2 Å². The molecular weight excluding hydrogens is 373 g/mol. The molecule has 2 aromatic carbocycles. The Labute approximate surface area is 151 Å². The molecule has 0 fully saturated rings. The molecule has 0 aromatic heterocycles. The number of halogens is 2. The normalized spacial score (nSPS) is 11.3. The highest BCUT2D eigenvalue weighted by Crippen LogP contribution is 2.28. The van der Waals surface area contributed by atoms with E-state index in [1.807, 2.05) is 12.1 Å². The van der Waals surface area contributed by atoms with Crippen molar-refractivity contribution in [1.29, 1.82) is 0 Å². The quantitative estimate of drug-likeness (QED) is 0.786. The van der Waals surface area contributed by atoms with Gasteiger partial charge in [-0.25, -0.2) is 13.1 Å². The Kier molecular flexibility index (Phi) is 6.34. The van der Waals surface area contributed by atoms with Gasteiger partial charge in [-0.05, 0) is 42.3 Å². The van der Waals surface area contributed by atoms with Gasteiger partial charge in [-0.2, -0.15) is 0 Å². The van der Waals surface area contributed by atoms with E-state index in [-0.39, 0.29) is 16.5 Å². The first-order valence-corrected chi connectivity index (χ1v) is 9.27. The Morgan fingerprint density at radius 3 is 2.29 bits per heavy atom. The molecule has 0 saturated heterocycles. The van der Waals surface area contributed by atoms with Crippen LogP contribution in [0.3, 0.4) is 0 Å². The number of rotatable bonds is 7. The molecule has 0 heterocycles. The second kappa shape index (κ2) is 8.07. The van der Waals surface area contributed by atoms with Gasteiger partial charge in [-0.15, -0.1) is 0 Å². The van der Waals surface area contributed by atoms with Gasteiger partial charge in [0, 0.05) is 6.54 Å². The van der Waals surface area contributed by atoms with E-state index in [1.54, 1.807) is 20.3 Å². The first-order chi connectivity index (χ1) is 11.4. The van der Waals surface area contributed by atoms with Crippen LogP contribution in [0.25, 0.3) is 0 Å². The van der Waals surface area contributed by atoms with Crippen molar-refractivity contribution in [2.24, 2.45) is 0 Å². The molecule has 2 rings (SSSR count). The monoisotopic (exact) mass is 389 g/mol. The van der Waals surface area contributed by atoms with Gasteiger partial charge in [0.15, 0.2) is 11.5 Å². The Morgan fingerprint density at radius 2 is 1.67 bits per heavy atom. The molecule has 0 saturated carbocycles. The molecule has 0 aliphatic carbocycles. The summed E-state index contributed by atoms with van der Waals surface area (Å²) in [7, 11) is -0.539. The number of ether oxygens (including phenoxy) is 2. The molecule has 5 nitrogen and oxygen atoms in total. The minimum Gasteiger partial charge on any atom is -0.493 e. The van der Waals surface area contributed by atoms with Crippen molar-refractivity contribution in [3.05, 3.63) is 52.0 Å². The van der Waals surface area contributed by atoms with Crippen molar-refractivity contribution in [2.75, 3.05) is 20.8 Å². The first kappa shape index (κ1) is 18.9. The summed E-state index contributed by atoms with van der Waals surface area (Å²) in [5.41, 5.74) is 0.921. The van der Waals surface area contributed by atoms with Crippen LogP contribution in [-0.4, -0.2) is 29.2 Å². The largest absolute Gasteiger partial charge is 0.493 e. The Morgan fingerprint density at radius 1 is 0.958 bits per heavy atom. The predicted molar refractivity (Wildman–Crippen MR) is 94.9 cm³/mol. The molecule has 0 spiro atoms. The van der Waals surface area contributed by atoms with Crippen LogP contribution >= 0.6 is 23.2 Å². The fourth-order valence-corrected chi connectivity index (χ4v) is 3.51. The van der Waals surface area contributed by atoms with E-state index >= 15 is 0 Å². The maximum atomic E-state index is 12.3. The van der Waals surface area contributed by atoms with Crippen molar-refractivity contribution in [3.8, 4) is 11.5 Å². The van der Waals surface area contributed by atoms with Gasteiger partial charge in [0.2, 0.25) is 10.0 Å². The summed E-state index contributed by atoms with van der Waals surface area (Å²) in [6, 6.07) is 9.63. The number of sulfonamides is 1. The molecule has 8 heteroatoms. The van der Waals surface area contributed by atoms with Crippen LogP contribution in [0.4, 0.5) is 0 Å². The van der Waals surface area contributed by atoms with Crippen molar-refractivity contribution in [2.45, 2.75) is 11.3 Å². The van der Waals surface area contributed by atoms with Crippen LogP contribution in [0, 0.1) is 0 Å². The van der Waals surface area contributed by atoms with Gasteiger partial charge in [0.25, 0.3) is 0 Å². The zero-order valence-electron chi connectivity index (χ0n) is 13.2. The van der Waals surface area contributed by atoms with Crippen LogP contribution in [-0.2, 0) is 16.4 Å². The SMILES string of the molecule is COc1ccc(CCNS(=O)(=O)c2ccc(Cl)c(Cl)c2)cc1OC. The van der Waals surface area contributed by atoms with E-state index in [9.17, 15) is 8.42 Å². The lowest BCUT2D eigenvalue weighted by Gasteiger charge is -2.10. The highest BCUT2D eigenvalue weighted by molar-refractivity contribution is 7.89. The van der Waals surface area contributed by atoms with Crippen LogP contribution in [0.2, 0.25) is 10.0 Å². The summed E-state index contributed by atoms with van der Waals surface area (Å²) in [6.07, 6.45) is 0.501. The van der Waals surface area contributed by atoms with E-state index in [2.05, 4.69) is 4.72 Å². The number of nitrogens with one attached hydrogen (secondary N) is 1. The van der Waals surface area contributed by atoms with Gasteiger partial charge in [0.05, 0.1) is 29.2 Å². The van der Waals surface area contributed by atoms with E-state index in [4.69, 9.17) is 32.7 Å². The minimum atomic E-state index is -3.65.